The van der Waals surface area contributed by atoms with E-state index >= 15 is 0 Å². The fraction of sp³-hybridized carbons (Fsp3) is 0.300. The Labute approximate surface area is 91.2 Å². The van der Waals surface area contributed by atoms with Gasteiger partial charge in [0, 0.05) is 17.5 Å². The molecule has 0 saturated heterocycles. The maximum atomic E-state index is 9.25. The fourth-order valence-corrected chi connectivity index (χ4v) is 2.76. The molecule has 1 atom stereocenters. The number of aromatic nitrogens is 1. The largest absolute Gasteiger partial charge is 0.393 e. The highest BCUT2D eigenvalue weighted by molar-refractivity contribution is 7.19. The number of thiophene rings is 1. The molecule has 2 rings (SSSR count). The standard InChI is InChI=1S/C10H10ClNOS/c1-6(13)4-7-5-9-10(14-7)8(11)2-3-12-9/h2-3,5-6,13H,4H2,1H3. The third-order valence-corrected chi connectivity index (χ3v) is 3.52. The summed E-state index contributed by atoms with van der Waals surface area (Å²) < 4.78 is 1.00. The lowest BCUT2D eigenvalue weighted by Crippen LogP contribution is -2.01. The van der Waals surface area contributed by atoms with Crippen molar-refractivity contribution in [3.05, 3.63) is 28.2 Å². The van der Waals surface area contributed by atoms with E-state index < -0.39 is 0 Å². The highest BCUT2D eigenvalue weighted by atomic mass is 35.5. The van der Waals surface area contributed by atoms with Crippen molar-refractivity contribution < 1.29 is 5.11 Å². The van der Waals surface area contributed by atoms with Crippen LogP contribution in [0.4, 0.5) is 0 Å². The number of nitrogens with zero attached hydrogens (tertiary/aromatic N) is 1. The molecule has 2 nitrogen and oxygen atoms in total. The second kappa shape index (κ2) is 3.85. The molecule has 0 bridgehead atoms. The maximum absolute atomic E-state index is 9.25. The second-order valence-corrected chi connectivity index (χ2v) is 4.82. The molecular formula is C10H10ClNOS. The van der Waals surface area contributed by atoms with Crippen LogP contribution in [-0.4, -0.2) is 16.2 Å². The zero-order chi connectivity index (χ0) is 10.1. The second-order valence-electron chi connectivity index (χ2n) is 3.27. The first kappa shape index (κ1) is 9.90. The van der Waals surface area contributed by atoms with Crippen LogP contribution in [-0.2, 0) is 6.42 Å². The van der Waals surface area contributed by atoms with Crippen molar-refractivity contribution in [3.8, 4) is 0 Å². The quantitative estimate of drug-likeness (QED) is 0.856. The molecule has 14 heavy (non-hydrogen) atoms. The minimum absolute atomic E-state index is 0.318. The van der Waals surface area contributed by atoms with E-state index in [2.05, 4.69) is 4.98 Å². The van der Waals surface area contributed by atoms with Crippen LogP contribution in [0, 0.1) is 0 Å². The van der Waals surface area contributed by atoms with Gasteiger partial charge in [-0.05, 0) is 19.1 Å². The van der Waals surface area contributed by atoms with Gasteiger partial charge in [0.25, 0.3) is 0 Å². The molecule has 4 heteroatoms. The van der Waals surface area contributed by atoms with Gasteiger partial charge in [-0.2, -0.15) is 0 Å². The van der Waals surface area contributed by atoms with Crippen molar-refractivity contribution in [3.63, 3.8) is 0 Å². The average molecular weight is 228 g/mol. The van der Waals surface area contributed by atoms with E-state index in [0.29, 0.717) is 6.42 Å². The van der Waals surface area contributed by atoms with Crippen LogP contribution in [0.25, 0.3) is 10.2 Å². The molecule has 74 valence electrons. The molecule has 2 aromatic heterocycles. The lowest BCUT2D eigenvalue weighted by atomic mass is 10.2. The summed E-state index contributed by atoms with van der Waals surface area (Å²) in [6.07, 6.45) is 2.04. The summed E-state index contributed by atoms with van der Waals surface area (Å²) >= 11 is 7.61. The van der Waals surface area contributed by atoms with E-state index in [1.807, 2.05) is 6.07 Å². The summed E-state index contributed by atoms with van der Waals surface area (Å²) in [6.45, 7) is 1.78. The van der Waals surface area contributed by atoms with Gasteiger partial charge in [0.15, 0.2) is 0 Å². The molecule has 0 fully saturated rings. The van der Waals surface area contributed by atoms with Crippen LogP contribution in [0.1, 0.15) is 11.8 Å². The number of hydrogen-bond donors (Lipinski definition) is 1. The van der Waals surface area contributed by atoms with Crippen LogP contribution < -0.4 is 0 Å². The number of rotatable bonds is 2. The minimum Gasteiger partial charge on any atom is -0.393 e. The van der Waals surface area contributed by atoms with Crippen molar-refractivity contribution >= 4 is 33.2 Å². The van der Waals surface area contributed by atoms with E-state index in [1.54, 1.807) is 30.5 Å². The van der Waals surface area contributed by atoms with Gasteiger partial charge >= 0.3 is 0 Å². The van der Waals surface area contributed by atoms with Gasteiger partial charge in [0.1, 0.15) is 0 Å². The predicted molar refractivity (Wildman–Crippen MR) is 60.0 cm³/mol. The molecule has 0 aliphatic carbocycles. The molecule has 0 spiro atoms. The molecule has 2 heterocycles. The van der Waals surface area contributed by atoms with Crippen LogP contribution in [0.15, 0.2) is 18.3 Å². The molecule has 1 unspecified atom stereocenters. The number of aliphatic hydroxyl groups excluding tert-OH is 1. The lowest BCUT2D eigenvalue weighted by molar-refractivity contribution is 0.196. The fourth-order valence-electron chi connectivity index (χ4n) is 1.35. The van der Waals surface area contributed by atoms with Gasteiger partial charge in [-0.1, -0.05) is 11.6 Å². The first-order valence-electron chi connectivity index (χ1n) is 4.38. The summed E-state index contributed by atoms with van der Waals surface area (Å²) in [7, 11) is 0. The third kappa shape index (κ3) is 1.90. The summed E-state index contributed by atoms with van der Waals surface area (Å²) in [4.78, 5) is 5.34. The molecule has 2 aromatic rings. The van der Waals surface area contributed by atoms with E-state index in [9.17, 15) is 5.11 Å². The van der Waals surface area contributed by atoms with Crippen molar-refractivity contribution in [2.45, 2.75) is 19.4 Å². The van der Waals surface area contributed by atoms with E-state index in [4.69, 9.17) is 11.6 Å². The molecule has 0 aliphatic rings. The van der Waals surface area contributed by atoms with Gasteiger partial charge in [-0.3, -0.25) is 4.98 Å². The van der Waals surface area contributed by atoms with Crippen LogP contribution in [0.3, 0.4) is 0 Å². The molecule has 0 aromatic carbocycles. The van der Waals surface area contributed by atoms with Gasteiger partial charge in [0.05, 0.1) is 21.3 Å². The smallest absolute Gasteiger partial charge is 0.0827 e. The van der Waals surface area contributed by atoms with Gasteiger partial charge < -0.3 is 5.11 Å². The molecule has 1 N–H and O–H groups in total. The Balaban J connectivity index is 2.46. The topological polar surface area (TPSA) is 33.1 Å². The molecular weight excluding hydrogens is 218 g/mol. The SMILES string of the molecule is CC(O)Cc1cc2nccc(Cl)c2s1. The predicted octanol–water partition coefficient (Wildman–Crippen LogP) is 2.87. The van der Waals surface area contributed by atoms with Crippen molar-refractivity contribution in [1.82, 2.24) is 4.98 Å². The Hall–Kier alpha value is -0.640. The number of halogens is 1. The van der Waals surface area contributed by atoms with Gasteiger partial charge in [-0.15, -0.1) is 11.3 Å². The summed E-state index contributed by atoms with van der Waals surface area (Å²) in [5.74, 6) is 0. The van der Waals surface area contributed by atoms with Crippen molar-refractivity contribution in [1.29, 1.82) is 0 Å². The first-order chi connectivity index (χ1) is 6.66. The van der Waals surface area contributed by atoms with Crippen LogP contribution in [0.5, 0.6) is 0 Å². The average Bonchev–Trinajstić information content (AvgIpc) is 2.47. The van der Waals surface area contributed by atoms with Crippen molar-refractivity contribution in [2.75, 3.05) is 0 Å². The van der Waals surface area contributed by atoms with Crippen molar-refractivity contribution in [2.24, 2.45) is 0 Å². The third-order valence-electron chi connectivity index (χ3n) is 1.91. The Morgan fingerprint density at radius 2 is 2.43 bits per heavy atom. The van der Waals surface area contributed by atoms with E-state index in [1.165, 1.54) is 0 Å². The zero-order valence-corrected chi connectivity index (χ0v) is 9.27. The first-order valence-corrected chi connectivity index (χ1v) is 5.57. The Bertz CT molecular complexity index is 452. The van der Waals surface area contributed by atoms with E-state index in [0.717, 1.165) is 20.1 Å². The zero-order valence-electron chi connectivity index (χ0n) is 7.70. The van der Waals surface area contributed by atoms with Gasteiger partial charge in [0.2, 0.25) is 0 Å². The summed E-state index contributed by atoms with van der Waals surface area (Å²) in [5.41, 5.74) is 0.915. The minimum atomic E-state index is -0.318. The molecule has 0 aliphatic heterocycles. The molecule has 0 radical (unpaired) electrons. The molecule has 0 saturated carbocycles. The Kier molecular flexibility index (Phi) is 2.72. The van der Waals surface area contributed by atoms with Crippen LogP contribution >= 0.6 is 22.9 Å². The summed E-state index contributed by atoms with van der Waals surface area (Å²) in [5, 5.41) is 9.99. The maximum Gasteiger partial charge on any atom is 0.0827 e. The van der Waals surface area contributed by atoms with Gasteiger partial charge in [-0.25, -0.2) is 0 Å². The molecule has 0 amide bonds. The Morgan fingerprint density at radius 1 is 1.64 bits per heavy atom. The summed E-state index contributed by atoms with van der Waals surface area (Å²) in [6, 6.07) is 3.77. The number of fused-ring (bicyclic) bond motifs is 1. The normalized spacial score (nSPS) is 13.4. The number of aliphatic hydroxyl groups is 1. The monoisotopic (exact) mass is 227 g/mol. The van der Waals surface area contributed by atoms with E-state index in [-0.39, 0.29) is 6.10 Å². The number of pyridine rings is 1. The highest BCUT2D eigenvalue weighted by Gasteiger charge is 2.07. The lowest BCUT2D eigenvalue weighted by Gasteiger charge is -1.98. The Morgan fingerprint density at radius 3 is 3.07 bits per heavy atom. The number of hydrogen-bond acceptors (Lipinski definition) is 3. The highest BCUT2D eigenvalue weighted by Crippen LogP contribution is 2.30. The van der Waals surface area contributed by atoms with Crippen LogP contribution in [0.2, 0.25) is 5.02 Å².